The molecule has 2 aromatic rings. The molecule has 2 aliphatic heterocycles. The standard InChI is InChI=1S/C25H31ClN2O4S/c26-23-10-8-20(9-11-23)18-33(30,31)28-14-4-5-21(17-28)24(29)27-19-25(12-15-32-16-13-25)22-6-2-1-3-7-22/h1-3,6-11,21H,4-5,12-19H2,(H,27,29)/t21-/m1/s1. The minimum Gasteiger partial charge on any atom is -0.381 e. The number of ether oxygens (including phenoxy) is 1. The molecular formula is C25H31ClN2O4S. The van der Waals surface area contributed by atoms with Crippen LogP contribution in [-0.4, -0.2) is 51.5 Å². The fourth-order valence-electron chi connectivity index (χ4n) is 4.81. The molecule has 1 amide bonds. The second-order valence-electron chi connectivity index (χ2n) is 9.06. The zero-order valence-electron chi connectivity index (χ0n) is 18.7. The number of rotatable bonds is 7. The van der Waals surface area contributed by atoms with Crippen LogP contribution in [0.4, 0.5) is 0 Å². The average Bonchev–Trinajstić information content (AvgIpc) is 2.85. The van der Waals surface area contributed by atoms with Crippen LogP contribution >= 0.6 is 11.6 Å². The van der Waals surface area contributed by atoms with Gasteiger partial charge >= 0.3 is 0 Å². The number of hydrogen-bond donors (Lipinski definition) is 1. The lowest BCUT2D eigenvalue weighted by atomic mass is 9.74. The lowest BCUT2D eigenvalue weighted by Gasteiger charge is -2.38. The van der Waals surface area contributed by atoms with Gasteiger partial charge in [-0.2, -0.15) is 0 Å². The van der Waals surface area contributed by atoms with Crippen molar-refractivity contribution in [2.45, 2.75) is 36.9 Å². The van der Waals surface area contributed by atoms with E-state index in [0.29, 0.717) is 49.7 Å². The number of nitrogens with zero attached hydrogens (tertiary/aromatic N) is 1. The first-order valence-corrected chi connectivity index (χ1v) is 13.5. The van der Waals surface area contributed by atoms with Gasteiger partial charge in [-0.15, -0.1) is 0 Å². The number of nitrogens with one attached hydrogen (secondary N) is 1. The van der Waals surface area contributed by atoms with E-state index in [1.165, 1.54) is 9.87 Å². The fraction of sp³-hybridized carbons (Fsp3) is 0.480. The molecule has 33 heavy (non-hydrogen) atoms. The molecule has 0 aliphatic carbocycles. The molecule has 4 rings (SSSR count). The van der Waals surface area contributed by atoms with E-state index in [0.717, 1.165) is 12.8 Å². The van der Waals surface area contributed by atoms with Crippen molar-refractivity contribution in [3.05, 3.63) is 70.7 Å². The summed E-state index contributed by atoms with van der Waals surface area (Å²) in [5.74, 6) is -0.495. The van der Waals surface area contributed by atoms with E-state index in [2.05, 4.69) is 17.4 Å². The first-order valence-electron chi connectivity index (χ1n) is 11.5. The van der Waals surface area contributed by atoms with Crippen LogP contribution in [0.15, 0.2) is 54.6 Å². The van der Waals surface area contributed by atoms with Crippen LogP contribution in [0.5, 0.6) is 0 Å². The van der Waals surface area contributed by atoms with Crippen LogP contribution in [0.25, 0.3) is 0 Å². The van der Waals surface area contributed by atoms with Gasteiger partial charge in [-0.05, 0) is 48.9 Å². The third-order valence-electron chi connectivity index (χ3n) is 6.85. The molecule has 2 fully saturated rings. The Labute approximate surface area is 201 Å². The Bertz CT molecular complexity index is 1040. The van der Waals surface area contributed by atoms with E-state index < -0.39 is 10.0 Å². The molecule has 0 bridgehead atoms. The maximum absolute atomic E-state index is 13.1. The normalized spacial score (nSPS) is 21.4. The van der Waals surface area contributed by atoms with E-state index in [1.54, 1.807) is 24.3 Å². The number of carbonyl (C=O) groups excluding carboxylic acids is 1. The van der Waals surface area contributed by atoms with Crippen LogP contribution in [0.3, 0.4) is 0 Å². The predicted molar refractivity (Wildman–Crippen MR) is 130 cm³/mol. The first-order chi connectivity index (χ1) is 15.9. The molecule has 0 unspecified atom stereocenters. The van der Waals surface area contributed by atoms with Crippen LogP contribution in [0.2, 0.25) is 5.02 Å². The van der Waals surface area contributed by atoms with Gasteiger partial charge in [-0.25, -0.2) is 12.7 Å². The minimum absolute atomic E-state index is 0.0665. The van der Waals surface area contributed by atoms with Crippen molar-refractivity contribution in [1.82, 2.24) is 9.62 Å². The third-order valence-corrected chi connectivity index (χ3v) is 8.92. The predicted octanol–water partition coefficient (Wildman–Crippen LogP) is 3.75. The quantitative estimate of drug-likeness (QED) is 0.641. The smallest absolute Gasteiger partial charge is 0.224 e. The average molecular weight is 491 g/mol. The monoisotopic (exact) mass is 490 g/mol. The molecule has 178 valence electrons. The molecule has 0 saturated carbocycles. The van der Waals surface area contributed by atoms with Gasteiger partial charge in [0.05, 0.1) is 11.7 Å². The summed E-state index contributed by atoms with van der Waals surface area (Å²) in [4.78, 5) is 13.1. The summed E-state index contributed by atoms with van der Waals surface area (Å²) in [5, 5.41) is 3.73. The third kappa shape index (κ3) is 5.96. The van der Waals surface area contributed by atoms with Gasteiger partial charge in [0.1, 0.15) is 0 Å². The van der Waals surface area contributed by atoms with Gasteiger partial charge in [0.2, 0.25) is 15.9 Å². The SMILES string of the molecule is O=C(NCC1(c2ccccc2)CCOCC1)[C@@H]1CCCN(S(=O)(=O)Cc2ccc(Cl)cc2)C1. The van der Waals surface area contributed by atoms with Gasteiger partial charge < -0.3 is 10.1 Å². The molecular weight excluding hydrogens is 460 g/mol. The van der Waals surface area contributed by atoms with Crippen molar-refractivity contribution >= 4 is 27.5 Å². The van der Waals surface area contributed by atoms with E-state index in [1.807, 2.05) is 18.2 Å². The van der Waals surface area contributed by atoms with Gasteiger partial charge in [-0.1, -0.05) is 54.1 Å². The highest BCUT2D eigenvalue weighted by Gasteiger charge is 2.37. The number of benzene rings is 2. The molecule has 1 atom stereocenters. The van der Waals surface area contributed by atoms with Crippen molar-refractivity contribution in [2.75, 3.05) is 32.8 Å². The lowest BCUT2D eigenvalue weighted by molar-refractivity contribution is -0.126. The summed E-state index contributed by atoms with van der Waals surface area (Å²) >= 11 is 5.91. The van der Waals surface area contributed by atoms with Crippen molar-refractivity contribution in [1.29, 1.82) is 0 Å². The molecule has 2 aromatic carbocycles. The Kier molecular flexibility index (Phi) is 7.74. The maximum atomic E-state index is 13.1. The zero-order valence-corrected chi connectivity index (χ0v) is 20.3. The highest BCUT2D eigenvalue weighted by Crippen LogP contribution is 2.34. The van der Waals surface area contributed by atoms with E-state index in [-0.39, 0.29) is 29.5 Å². The van der Waals surface area contributed by atoms with Gasteiger partial charge in [0, 0.05) is 43.3 Å². The number of carbonyl (C=O) groups is 1. The molecule has 2 heterocycles. The highest BCUT2D eigenvalue weighted by molar-refractivity contribution is 7.88. The Hall–Kier alpha value is -1.93. The number of amides is 1. The fourth-order valence-corrected chi connectivity index (χ4v) is 6.55. The topological polar surface area (TPSA) is 75.7 Å². The molecule has 6 nitrogen and oxygen atoms in total. The summed E-state index contributed by atoms with van der Waals surface area (Å²) in [6.45, 7) is 2.55. The summed E-state index contributed by atoms with van der Waals surface area (Å²) in [6.07, 6.45) is 3.07. The van der Waals surface area contributed by atoms with Gasteiger partial charge in [0.25, 0.3) is 0 Å². The first kappa shape index (κ1) is 24.2. The minimum atomic E-state index is -3.51. The molecule has 0 spiro atoms. The highest BCUT2D eigenvalue weighted by atomic mass is 35.5. The maximum Gasteiger partial charge on any atom is 0.224 e. The molecule has 0 aromatic heterocycles. The van der Waals surface area contributed by atoms with Crippen molar-refractivity contribution in [2.24, 2.45) is 5.92 Å². The molecule has 0 radical (unpaired) electrons. The van der Waals surface area contributed by atoms with Crippen LogP contribution in [0, 0.1) is 5.92 Å². The van der Waals surface area contributed by atoms with Crippen molar-refractivity contribution < 1.29 is 17.9 Å². The molecule has 2 saturated heterocycles. The number of hydrogen-bond acceptors (Lipinski definition) is 4. The van der Waals surface area contributed by atoms with Crippen molar-refractivity contribution in [3.63, 3.8) is 0 Å². The second kappa shape index (κ2) is 10.6. The largest absolute Gasteiger partial charge is 0.381 e. The summed E-state index contributed by atoms with van der Waals surface area (Å²) in [5.41, 5.74) is 1.75. The summed E-state index contributed by atoms with van der Waals surface area (Å²) in [7, 11) is -3.51. The van der Waals surface area contributed by atoms with E-state index in [4.69, 9.17) is 16.3 Å². The van der Waals surface area contributed by atoms with Crippen LogP contribution in [-0.2, 0) is 30.7 Å². The number of piperidine rings is 1. The number of sulfonamides is 1. The zero-order chi connectivity index (χ0) is 23.3. The Balaban J connectivity index is 1.39. The van der Waals surface area contributed by atoms with Gasteiger partial charge in [0.15, 0.2) is 0 Å². The summed E-state index contributed by atoms with van der Waals surface area (Å²) < 4.78 is 33.0. The second-order valence-corrected chi connectivity index (χ2v) is 11.5. The van der Waals surface area contributed by atoms with Crippen LogP contribution in [0.1, 0.15) is 36.8 Å². The Morgan fingerprint density at radius 1 is 1.09 bits per heavy atom. The summed E-state index contributed by atoms with van der Waals surface area (Å²) in [6, 6.07) is 17.1. The van der Waals surface area contributed by atoms with Crippen LogP contribution < -0.4 is 5.32 Å². The Morgan fingerprint density at radius 3 is 2.48 bits per heavy atom. The number of halogens is 1. The molecule has 8 heteroatoms. The molecule has 2 aliphatic rings. The lowest BCUT2D eigenvalue weighted by Crippen LogP contribution is -2.49. The Morgan fingerprint density at radius 2 is 1.79 bits per heavy atom. The van der Waals surface area contributed by atoms with E-state index >= 15 is 0 Å². The van der Waals surface area contributed by atoms with Gasteiger partial charge in [-0.3, -0.25) is 4.79 Å². The molecule has 1 N–H and O–H groups in total. The van der Waals surface area contributed by atoms with Crippen molar-refractivity contribution in [3.8, 4) is 0 Å². The van der Waals surface area contributed by atoms with E-state index in [9.17, 15) is 13.2 Å².